The van der Waals surface area contributed by atoms with Gasteiger partial charge in [0.15, 0.2) is 0 Å². The van der Waals surface area contributed by atoms with Gasteiger partial charge in [-0.05, 0) is 38.5 Å². The van der Waals surface area contributed by atoms with Crippen LogP contribution in [0.25, 0.3) is 0 Å². The fourth-order valence-electron chi connectivity index (χ4n) is 1.58. The molecular weight excluding hydrogens is 345 g/mol. The van der Waals surface area contributed by atoms with Gasteiger partial charge in [0, 0.05) is 5.70 Å². The zero-order chi connectivity index (χ0) is 18.7. The first-order valence-corrected chi connectivity index (χ1v) is 8.65. The average molecular weight is 364 g/mol. The third kappa shape index (κ3) is 4.98. The van der Waals surface area contributed by atoms with Crippen LogP contribution in [0.1, 0.15) is 43.1 Å². The molecule has 1 aromatic rings. The first-order chi connectivity index (χ1) is 10.9. The van der Waals surface area contributed by atoms with Gasteiger partial charge in [-0.1, -0.05) is 13.5 Å². The molecule has 0 aliphatic heterocycles. The van der Waals surface area contributed by atoms with E-state index >= 15 is 0 Å². The molecule has 1 aromatic carbocycles. The van der Waals surface area contributed by atoms with E-state index in [-0.39, 0.29) is 5.69 Å². The Balaban J connectivity index is 3.38. The Kier molecular flexibility index (Phi) is 6.04. The van der Waals surface area contributed by atoms with Crippen LogP contribution in [-0.2, 0) is 16.2 Å². The second-order valence-corrected chi connectivity index (χ2v) is 7.60. The molecule has 0 spiro atoms. The minimum Gasteiger partial charge on any atom is -0.326 e. The molecule has 0 radical (unpaired) electrons. The third-order valence-corrected chi connectivity index (χ3v) is 4.93. The number of carbonyl (C=O) groups is 1. The highest BCUT2D eigenvalue weighted by Gasteiger charge is 2.32. The number of rotatable bonds is 6. The van der Waals surface area contributed by atoms with E-state index in [1.54, 1.807) is 6.92 Å². The highest BCUT2D eigenvalue weighted by Crippen LogP contribution is 2.32. The summed E-state index contributed by atoms with van der Waals surface area (Å²) in [5.74, 6) is -0.866. The highest BCUT2D eigenvalue weighted by atomic mass is 32.2. The van der Waals surface area contributed by atoms with Gasteiger partial charge >= 0.3 is 6.18 Å². The zero-order valence-corrected chi connectivity index (χ0v) is 14.3. The van der Waals surface area contributed by atoms with Crippen molar-refractivity contribution in [2.45, 2.75) is 38.6 Å². The molecule has 0 saturated carbocycles. The summed E-state index contributed by atoms with van der Waals surface area (Å²) in [6.45, 7) is 8.07. The summed E-state index contributed by atoms with van der Waals surface area (Å²) < 4.78 is 64.7. The van der Waals surface area contributed by atoms with Crippen molar-refractivity contribution >= 4 is 21.6 Å². The van der Waals surface area contributed by atoms with E-state index in [9.17, 15) is 26.4 Å². The maximum absolute atomic E-state index is 12.9. The summed E-state index contributed by atoms with van der Waals surface area (Å²) in [6, 6.07) is 2.24. The van der Waals surface area contributed by atoms with E-state index in [0.29, 0.717) is 24.3 Å². The number of carbonyl (C=O) groups excluding carboxylic acids is 1. The minimum absolute atomic E-state index is 0.224. The Morgan fingerprint density at radius 3 is 2.33 bits per heavy atom. The van der Waals surface area contributed by atoms with Crippen molar-refractivity contribution in [3.8, 4) is 0 Å². The van der Waals surface area contributed by atoms with Crippen LogP contribution in [0.3, 0.4) is 0 Å². The Hall–Kier alpha value is -2.03. The smallest absolute Gasteiger partial charge is 0.326 e. The number of sulfonamides is 1. The summed E-state index contributed by atoms with van der Waals surface area (Å²) >= 11 is 0. The van der Waals surface area contributed by atoms with Crippen molar-refractivity contribution in [1.82, 2.24) is 5.32 Å². The van der Waals surface area contributed by atoms with Gasteiger partial charge < -0.3 is 5.32 Å². The first kappa shape index (κ1) is 20.0. The molecule has 134 valence electrons. The van der Waals surface area contributed by atoms with E-state index in [2.05, 4.69) is 16.6 Å². The Morgan fingerprint density at radius 1 is 1.29 bits per heavy atom. The van der Waals surface area contributed by atoms with Gasteiger partial charge in [-0.2, -0.15) is 13.2 Å². The van der Waals surface area contributed by atoms with Crippen molar-refractivity contribution in [3.63, 3.8) is 0 Å². The lowest BCUT2D eigenvalue weighted by molar-refractivity contribution is -0.137. The molecule has 0 aliphatic carbocycles. The van der Waals surface area contributed by atoms with Crippen molar-refractivity contribution in [2.75, 3.05) is 4.72 Å². The lowest BCUT2D eigenvalue weighted by atomic mass is 10.1. The van der Waals surface area contributed by atoms with E-state index in [1.807, 2.05) is 0 Å². The van der Waals surface area contributed by atoms with Crippen LogP contribution in [-0.4, -0.2) is 19.6 Å². The van der Waals surface area contributed by atoms with Crippen LogP contribution in [0.4, 0.5) is 18.9 Å². The fraction of sp³-hybridized carbons (Fsp3) is 0.400. The number of anilines is 1. The minimum atomic E-state index is -4.66. The number of amides is 1. The normalized spacial score (nSPS) is 12.1. The molecular formula is C15H19F3N2O3S. The quantitative estimate of drug-likeness (QED) is 0.811. The summed E-state index contributed by atoms with van der Waals surface area (Å²) in [5.41, 5.74) is -1.40. The number of halogens is 3. The number of hydrogen-bond acceptors (Lipinski definition) is 3. The molecule has 24 heavy (non-hydrogen) atoms. The van der Waals surface area contributed by atoms with E-state index in [4.69, 9.17) is 0 Å². The second-order valence-electron chi connectivity index (χ2n) is 5.37. The standard InChI is InChI=1S/C15H19F3N2O3S/c1-5-10(4)19-14(21)12-8-11(15(16,17)18)6-7-13(12)20-24(22,23)9(2)3/h6-9,20H,4-5H2,1-3H3,(H,19,21). The Labute approximate surface area is 139 Å². The van der Waals surface area contributed by atoms with Gasteiger partial charge in [0.1, 0.15) is 0 Å². The number of alkyl halides is 3. The lowest BCUT2D eigenvalue weighted by Crippen LogP contribution is -2.27. The number of benzene rings is 1. The van der Waals surface area contributed by atoms with Gasteiger partial charge in [-0.25, -0.2) is 8.42 Å². The van der Waals surface area contributed by atoms with Crippen LogP contribution in [0.15, 0.2) is 30.5 Å². The molecule has 0 aromatic heterocycles. The van der Waals surface area contributed by atoms with Gasteiger partial charge in [0.2, 0.25) is 10.0 Å². The molecule has 9 heteroatoms. The SMILES string of the molecule is C=C(CC)NC(=O)c1cc(C(F)(F)F)ccc1NS(=O)(=O)C(C)C. The predicted molar refractivity (Wildman–Crippen MR) is 86.0 cm³/mol. The molecule has 0 saturated heterocycles. The maximum atomic E-state index is 12.9. The molecule has 0 aliphatic rings. The second kappa shape index (κ2) is 7.25. The largest absolute Gasteiger partial charge is 0.416 e. The van der Waals surface area contributed by atoms with Crippen molar-refractivity contribution in [1.29, 1.82) is 0 Å². The van der Waals surface area contributed by atoms with E-state index in [1.165, 1.54) is 13.8 Å². The summed E-state index contributed by atoms with van der Waals surface area (Å²) in [4.78, 5) is 12.2. The molecule has 1 amide bonds. The molecule has 0 heterocycles. The van der Waals surface area contributed by atoms with Gasteiger partial charge in [-0.3, -0.25) is 9.52 Å². The van der Waals surface area contributed by atoms with Gasteiger partial charge in [0.25, 0.3) is 5.91 Å². The van der Waals surface area contributed by atoms with Crippen LogP contribution in [0.2, 0.25) is 0 Å². The van der Waals surface area contributed by atoms with Gasteiger partial charge in [-0.15, -0.1) is 0 Å². The van der Waals surface area contributed by atoms with Crippen LogP contribution in [0, 0.1) is 0 Å². The number of allylic oxidation sites excluding steroid dienone is 1. The number of hydrogen-bond donors (Lipinski definition) is 2. The van der Waals surface area contributed by atoms with E-state index in [0.717, 1.165) is 6.07 Å². The van der Waals surface area contributed by atoms with Gasteiger partial charge in [0.05, 0.1) is 22.1 Å². The van der Waals surface area contributed by atoms with Crippen molar-refractivity contribution < 1.29 is 26.4 Å². The average Bonchev–Trinajstić information content (AvgIpc) is 2.45. The summed E-state index contributed by atoms with van der Waals surface area (Å²) in [6.07, 6.45) is -4.27. The molecule has 1 rings (SSSR count). The van der Waals surface area contributed by atoms with E-state index < -0.39 is 38.5 Å². The Morgan fingerprint density at radius 2 is 1.88 bits per heavy atom. The molecule has 0 fully saturated rings. The highest BCUT2D eigenvalue weighted by molar-refractivity contribution is 7.93. The summed E-state index contributed by atoms with van der Waals surface area (Å²) in [5, 5.41) is 1.53. The third-order valence-electron chi connectivity index (χ3n) is 3.18. The van der Waals surface area contributed by atoms with Crippen molar-refractivity contribution in [3.05, 3.63) is 41.6 Å². The fourth-order valence-corrected chi connectivity index (χ4v) is 2.31. The Bertz CT molecular complexity index is 741. The topological polar surface area (TPSA) is 75.3 Å². The van der Waals surface area contributed by atoms with Crippen LogP contribution >= 0.6 is 0 Å². The van der Waals surface area contributed by atoms with Crippen molar-refractivity contribution in [2.24, 2.45) is 0 Å². The molecule has 0 unspecified atom stereocenters. The maximum Gasteiger partial charge on any atom is 0.416 e. The molecule has 0 bridgehead atoms. The lowest BCUT2D eigenvalue weighted by Gasteiger charge is -2.17. The van der Waals surface area contributed by atoms with Crippen LogP contribution in [0.5, 0.6) is 0 Å². The number of nitrogens with one attached hydrogen (secondary N) is 2. The molecule has 0 atom stereocenters. The zero-order valence-electron chi connectivity index (χ0n) is 13.5. The monoisotopic (exact) mass is 364 g/mol. The molecule has 2 N–H and O–H groups in total. The summed E-state index contributed by atoms with van der Waals surface area (Å²) in [7, 11) is -3.82. The first-order valence-electron chi connectivity index (χ1n) is 7.10. The van der Waals surface area contributed by atoms with Crippen LogP contribution < -0.4 is 10.0 Å². The predicted octanol–water partition coefficient (Wildman–Crippen LogP) is 3.51. The molecule has 5 nitrogen and oxygen atoms in total.